The second-order valence-electron chi connectivity index (χ2n) is 4.78. The van der Waals surface area contributed by atoms with Gasteiger partial charge in [0, 0.05) is 6.54 Å². The SMILES string of the molecule is COc1ccccc1OCc1cc(C(=O)NC[C@@H](C)O)n[nH]1. The zero-order valence-corrected chi connectivity index (χ0v) is 12.5. The fourth-order valence-electron chi connectivity index (χ4n) is 1.78. The summed E-state index contributed by atoms with van der Waals surface area (Å²) in [6.07, 6.45) is -0.601. The Labute approximate surface area is 128 Å². The third kappa shape index (κ3) is 4.23. The number of hydrogen-bond acceptors (Lipinski definition) is 5. The predicted molar refractivity (Wildman–Crippen MR) is 79.9 cm³/mol. The molecule has 1 aromatic heterocycles. The van der Waals surface area contributed by atoms with Crippen LogP contribution in [-0.4, -0.2) is 41.0 Å². The molecule has 22 heavy (non-hydrogen) atoms. The highest BCUT2D eigenvalue weighted by Crippen LogP contribution is 2.26. The maximum absolute atomic E-state index is 11.8. The van der Waals surface area contributed by atoms with Crippen LogP contribution in [0.2, 0.25) is 0 Å². The Hall–Kier alpha value is -2.54. The molecule has 0 saturated heterocycles. The van der Waals surface area contributed by atoms with E-state index in [2.05, 4.69) is 15.5 Å². The molecule has 0 saturated carbocycles. The molecule has 2 aromatic rings. The lowest BCUT2D eigenvalue weighted by Gasteiger charge is -2.08. The Balaban J connectivity index is 1.93. The highest BCUT2D eigenvalue weighted by molar-refractivity contribution is 5.92. The molecule has 7 nitrogen and oxygen atoms in total. The van der Waals surface area contributed by atoms with E-state index in [1.807, 2.05) is 12.1 Å². The van der Waals surface area contributed by atoms with Gasteiger partial charge in [-0.3, -0.25) is 9.89 Å². The smallest absolute Gasteiger partial charge is 0.271 e. The van der Waals surface area contributed by atoms with Crippen LogP contribution >= 0.6 is 0 Å². The lowest BCUT2D eigenvalue weighted by Crippen LogP contribution is -2.30. The molecular formula is C15H19N3O4. The van der Waals surface area contributed by atoms with Crippen LogP contribution in [0.1, 0.15) is 23.1 Å². The number of aromatic nitrogens is 2. The molecule has 0 aliphatic rings. The number of methoxy groups -OCH3 is 1. The van der Waals surface area contributed by atoms with Gasteiger partial charge in [0.1, 0.15) is 12.3 Å². The van der Waals surface area contributed by atoms with E-state index in [-0.39, 0.29) is 24.8 Å². The van der Waals surface area contributed by atoms with Crippen molar-refractivity contribution in [2.75, 3.05) is 13.7 Å². The van der Waals surface area contributed by atoms with E-state index in [9.17, 15) is 4.79 Å². The summed E-state index contributed by atoms with van der Waals surface area (Å²) in [5, 5.41) is 18.4. The van der Waals surface area contributed by atoms with Gasteiger partial charge in [-0.05, 0) is 25.1 Å². The number of H-pyrrole nitrogens is 1. The number of para-hydroxylation sites is 2. The minimum Gasteiger partial charge on any atom is -0.493 e. The molecule has 7 heteroatoms. The van der Waals surface area contributed by atoms with Crippen molar-refractivity contribution in [2.24, 2.45) is 0 Å². The van der Waals surface area contributed by atoms with Gasteiger partial charge in [0.15, 0.2) is 11.5 Å². The largest absolute Gasteiger partial charge is 0.493 e. The van der Waals surface area contributed by atoms with Gasteiger partial charge in [0.25, 0.3) is 5.91 Å². The fraction of sp³-hybridized carbons (Fsp3) is 0.333. The molecule has 1 heterocycles. The zero-order valence-electron chi connectivity index (χ0n) is 12.5. The summed E-state index contributed by atoms with van der Waals surface area (Å²) < 4.78 is 10.8. The third-order valence-electron chi connectivity index (χ3n) is 2.87. The van der Waals surface area contributed by atoms with Gasteiger partial charge >= 0.3 is 0 Å². The highest BCUT2D eigenvalue weighted by atomic mass is 16.5. The van der Waals surface area contributed by atoms with Crippen LogP contribution in [0.4, 0.5) is 0 Å². The van der Waals surface area contributed by atoms with Gasteiger partial charge in [0.2, 0.25) is 0 Å². The topological polar surface area (TPSA) is 96.5 Å². The predicted octanol–water partition coefficient (Wildman–Crippen LogP) is 1.11. The van der Waals surface area contributed by atoms with Crippen LogP contribution in [0.5, 0.6) is 11.5 Å². The van der Waals surface area contributed by atoms with Gasteiger partial charge in [-0.1, -0.05) is 12.1 Å². The molecule has 1 atom stereocenters. The van der Waals surface area contributed by atoms with Crippen LogP contribution in [0.3, 0.4) is 0 Å². The number of nitrogens with one attached hydrogen (secondary N) is 2. The van der Waals surface area contributed by atoms with Gasteiger partial charge in [-0.25, -0.2) is 0 Å². The first-order valence-electron chi connectivity index (χ1n) is 6.86. The van der Waals surface area contributed by atoms with E-state index in [1.54, 1.807) is 32.2 Å². The van der Waals surface area contributed by atoms with E-state index in [4.69, 9.17) is 14.6 Å². The maximum atomic E-state index is 11.8. The molecule has 2 rings (SSSR count). The molecular weight excluding hydrogens is 286 g/mol. The number of rotatable bonds is 7. The zero-order chi connectivity index (χ0) is 15.9. The summed E-state index contributed by atoms with van der Waals surface area (Å²) >= 11 is 0. The summed E-state index contributed by atoms with van der Waals surface area (Å²) in [7, 11) is 1.57. The number of ether oxygens (including phenoxy) is 2. The molecule has 1 aromatic carbocycles. The molecule has 118 valence electrons. The van der Waals surface area contributed by atoms with Gasteiger partial charge < -0.3 is 19.9 Å². The van der Waals surface area contributed by atoms with Crippen molar-refractivity contribution in [3.63, 3.8) is 0 Å². The summed E-state index contributed by atoms with van der Waals surface area (Å²) in [6, 6.07) is 8.90. The van der Waals surface area contributed by atoms with Crippen molar-refractivity contribution in [1.29, 1.82) is 0 Å². The quantitative estimate of drug-likeness (QED) is 0.712. The van der Waals surface area contributed by atoms with E-state index in [1.165, 1.54) is 0 Å². The van der Waals surface area contributed by atoms with Crippen molar-refractivity contribution in [3.8, 4) is 11.5 Å². The monoisotopic (exact) mass is 305 g/mol. The van der Waals surface area contributed by atoms with Crippen LogP contribution in [0.25, 0.3) is 0 Å². The summed E-state index contributed by atoms with van der Waals surface area (Å²) in [5.41, 5.74) is 0.910. The fourth-order valence-corrected chi connectivity index (χ4v) is 1.78. The van der Waals surface area contributed by atoms with E-state index >= 15 is 0 Å². The average molecular weight is 305 g/mol. The molecule has 0 aliphatic carbocycles. The third-order valence-corrected chi connectivity index (χ3v) is 2.87. The second-order valence-corrected chi connectivity index (χ2v) is 4.78. The minimum atomic E-state index is -0.601. The number of amides is 1. The van der Waals surface area contributed by atoms with Crippen LogP contribution in [-0.2, 0) is 6.61 Å². The lowest BCUT2D eigenvalue weighted by atomic mass is 10.3. The molecule has 0 unspecified atom stereocenters. The number of aliphatic hydroxyl groups is 1. The van der Waals surface area contributed by atoms with Crippen molar-refractivity contribution in [2.45, 2.75) is 19.6 Å². The molecule has 0 bridgehead atoms. The summed E-state index contributed by atoms with van der Waals surface area (Å²) in [6.45, 7) is 2.01. The number of carbonyl (C=O) groups excluding carboxylic acids is 1. The number of aromatic amines is 1. The van der Waals surface area contributed by atoms with E-state index in [0.29, 0.717) is 17.2 Å². The lowest BCUT2D eigenvalue weighted by molar-refractivity contribution is 0.0919. The number of benzene rings is 1. The van der Waals surface area contributed by atoms with Crippen LogP contribution < -0.4 is 14.8 Å². The Kier molecular flexibility index (Phi) is 5.37. The van der Waals surface area contributed by atoms with Crippen molar-refractivity contribution >= 4 is 5.91 Å². The van der Waals surface area contributed by atoms with Gasteiger partial charge in [-0.2, -0.15) is 5.10 Å². The van der Waals surface area contributed by atoms with Crippen molar-refractivity contribution in [1.82, 2.24) is 15.5 Å². The Morgan fingerprint density at radius 2 is 2.14 bits per heavy atom. The van der Waals surface area contributed by atoms with E-state index < -0.39 is 6.10 Å². The standard InChI is InChI=1S/C15H19N3O4/c1-10(19)8-16-15(20)12-7-11(17-18-12)9-22-14-6-4-3-5-13(14)21-2/h3-7,10,19H,8-9H2,1-2H3,(H,16,20)(H,17,18)/t10-/m1/s1. The van der Waals surface area contributed by atoms with Crippen LogP contribution in [0, 0.1) is 0 Å². The molecule has 0 radical (unpaired) electrons. The first-order valence-corrected chi connectivity index (χ1v) is 6.86. The molecule has 0 fully saturated rings. The minimum absolute atomic E-state index is 0.179. The normalized spacial score (nSPS) is 11.8. The number of nitrogens with zero attached hydrogens (tertiary/aromatic N) is 1. The van der Waals surface area contributed by atoms with Gasteiger partial charge in [-0.15, -0.1) is 0 Å². The van der Waals surface area contributed by atoms with Gasteiger partial charge in [0.05, 0.1) is 18.9 Å². The first kappa shape index (κ1) is 15.8. The molecule has 1 amide bonds. The Bertz CT molecular complexity index is 625. The van der Waals surface area contributed by atoms with Crippen molar-refractivity contribution in [3.05, 3.63) is 41.7 Å². The highest BCUT2D eigenvalue weighted by Gasteiger charge is 2.11. The Morgan fingerprint density at radius 1 is 1.41 bits per heavy atom. The molecule has 3 N–H and O–H groups in total. The molecule has 0 spiro atoms. The number of hydrogen-bond donors (Lipinski definition) is 3. The number of aliphatic hydroxyl groups excluding tert-OH is 1. The summed E-state index contributed by atoms with van der Waals surface area (Å²) in [4.78, 5) is 11.8. The average Bonchev–Trinajstić information content (AvgIpc) is 2.99. The molecule has 0 aliphatic heterocycles. The maximum Gasteiger partial charge on any atom is 0.271 e. The summed E-state index contributed by atoms with van der Waals surface area (Å²) in [5.74, 6) is 0.900. The second kappa shape index (κ2) is 7.46. The Morgan fingerprint density at radius 3 is 2.82 bits per heavy atom. The first-order chi connectivity index (χ1) is 10.6. The van der Waals surface area contributed by atoms with E-state index in [0.717, 1.165) is 0 Å². The van der Waals surface area contributed by atoms with Crippen molar-refractivity contribution < 1.29 is 19.4 Å². The van der Waals surface area contributed by atoms with Crippen LogP contribution in [0.15, 0.2) is 30.3 Å². The number of carbonyl (C=O) groups is 1.